The van der Waals surface area contributed by atoms with Crippen molar-refractivity contribution in [2.45, 2.75) is 104 Å². The van der Waals surface area contributed by atoms with Crippen LogP contribution in [0.3, 0.4) is 0 Å². The molecule has 1 aliphatic rings. The fourth-order valence-corrected chi connectivity index (χ4v) is 5.42. The van der Waals surface area contributed by atoms with E-state index in [2.05, 4.69) is 9.97 Å². The van der Waals surface area contributed by atoms with Crippen LogP contribution in [-0.4, -0.2) is 92.2 Å². The summed E-state index contributed by atoms with van der Waals surface area (Å²) >= 11 is 0. The van der Waals surface area contributed by atoms with E-state index in [0.29, 0.717) is 0 Å². The van der Waals surface area contributed by atoms with Crippen molar-refractivity contribution in [2.75, 3.05) is 7.11 Å². The number of hydrogen-bond donors (Lipinski definition) is 4. The summed E-state index contributed by atoms with van der Waals surface area (Å²) in [6, 6.07) is 0. The van der Waals surface area contributed by atoms with Gasteiger partial charge in [-0.2, -0.15) is 0 Å². The van der Waals surface area contributed by atoms with Gasteiger partial charge in [0.25, 0.3) is 0 Å². The quantitative estimate of drug-likeness (QED) is 0.203. The Hall–Kier alpha value is -4.92. The Morgan fingerprint density at radius 1 is 0.696 bits per heavy atom. The third-order valence-electron chi connectivity index (χ3n) is 9.41. The van der Waals surface area contributed by atoms with Crippen LogP contribution in [0, 0.1) is 10.8 Å². The first kappa shape index (κ1) is 45.5. The van der Waals surface area contributed by atoms with Gasteiger partial charge in [-0.1, -0.05) is 107 Å². The van der Waals surface area contributed by atoms with Crippen molar-refractivity contribution in [3.63, 3.8) is 0 Å². The van der Waals surface area contributed by atoms with Crippen molar-refractivity contribution in [3.8, 4) is 0 Å². The number of carbonyl (C=O) groups is 2. The first-order valence-corrected chi connectivity index (χ1v) is 18.5. The molecule has 3 heterocycles. The van der Waals surface area contributed by atoms with Gasteiger partial charge in [-0.15, -0.1) is 0 Å². The minimum atomic E-state index is -1.29. The van der Waals surface area contributed by atoms with E-state index in [1.165, 1.54) is 49.0 Å². The van der Waals surface area contributed by atoms with Crippen LogP contribution in [0.2, 0.25) is 0 Å². The standard InChI is InChI=1S/C43H56N2O11/c1-8-18-36-42(3,4)34(48)23-14-12-10-11-13-20-29(52-7)26-39-45-31(28-54-39)41(51)56-37(19-9-2)43(5,6)35(49)24-17-22-33(47)32(46)21-15-16-25-38-44-30(27-53-38)40(50)55-36/h8-22,25,27-29,32-37,46-49H,23-24,26H2,1-7H3/b11-10?,14-12?,18-8+,19-9+,20-13?,21-15?,22-17?,25-16?. The average molecular weight is 777 g/mol. The van der Waals surface area contributed by atoms with Crippen LogP contribution < -0.4 is 0 Å². The van der Waals surface area contributed by atoms with E-state index in [1.807, 2.05) is 6.08 Å². The van der Waals surface area contributed by atoms with Gasteiger partial charge in [0.05, 0.1) is 24.7 Å². The highest BCUT2D eigenvalue weighted by atomic mass is 16.6. The number of aliphatic hydroxyl groups excluding tert-OH is 4. The SMILES string of the molecule is C/C=C/C1OC(=O)c2coc(n2)C=CC=CC(O)C(O)C=CCC(O)C(C)(C)C(/C=C/C)OC(=O)c2coc(n2)CC(OC)C=CC=CC=CCC(O)C1(C)C. The molecule has 1 aliphatic heterocycles. The number of fused-ring (bicyclic) bond motifs is 4. The number of aromatic nitrogens is 2. The van der Waals surface area contributed by atoms with Crippen molar-refractivity contribution in [1.29, 1.82) is 0 Å². The van der Waals surface area contributed by atoms with Gasteiger partial charge >= 0.3 is 11.9 Å². The molecule has 56 heavy (non-hydrogen) atoms. The molecule has 7 unspecified atom stereocenters. The topological polar surface area (TPSA) is 195 Å². The molecule has 2 aromatic heterocycles. The van der Waals surface area contributed by atoms with Crippen molar-refractivity contribution < 1.29 is 53.1 Å². The lowest BCUT2D eigenvalue weighted by atomic mass is 9.79. The molecule has 0 radical (unpaired) electrons. The number of esters is 2. The number of methoxy groups -OCH3 is 1. The van der Waals surface area contributed by atoms with Crippen molar-refractivity contribution in [2.24, 2.45) is 10.8 Å². The Labute approximate surface area is 328 Å². The largest absolute Gasteiger partial charge is 0.453 e. The summed E-state index contributed by atoms with van der Waals surface area (Å²) in [6.45, 7) is 10.7. The van der Waals surface area contributed by atoms with Gasteiger partial charge in [0, 0.05) is 24.0 Å². The molecular formula is C43H56N2O11. The number of allylic oxidation sites excluding steroid dienone is 8. The third kappa shape index (κ3) is 13.4. The number of nitrogens with zero attached hydrogens (tertiary/aromatic N) is 2. The van der Waals surface area contributed by atoms with Gasteiger partial charge in [-0.3, -0.25) is 0 Å². The number of ether oxygens (including phenoxy) is 3. The molecule has 0 aromatic carbocycles. The number of carbonyl (C=O) groups excluding carboxylic acids is 2. The highest BCUT2D eigenvalue weighted by molar-refractivity contribution is 5.87. The summed E-state index contributed by atoms with van der Waals surface area (Å²) in [7, 11) is 1.54. The summed E-state index contributed by atoms with van der Waals surface area (Å²) in [5.74, 6) is -1.10. The van der Waals surface area contributed by atoms with E-state index in [4.69, 9.17) is 23.0 Å². The molecule has 3 rings (SSSR count). The number of cyclic esters (lactones) is 2. The Balaban J connectivity index is 1.86. The maximum Gasteiger partial charge on any atom is 0.360 e. The number of aliphatic hydroxyl groups is 4. The monoisotopic (exact) mass is 776 g/mol. The zero-order chi connectivity index (χ0) is 41.3. The molecule has 4 bridgehead atoms. The second-order valence-electron chi connectivity index (χ2n) is 14.4. The predicted octanol–water partition coefficient (Wildman–Crippen LogP) is 6.21. The van der Waals surface area contributed by atoms with Crippen molar-refractivity contribution in [1.82, 2.24) is 9.97 Å². The molecule has 2 aromatic rings. The second kappa shape index (κ2) is 22.0. The van der Waals surface area contributed by atoms with E-state index in [9.17, 15) is 30.0 Å². The molecule has 0 aliphatic carbocycles. The number of hydrogen-bond acceptors (Lipinski definition) is 13. The number of rotatable bonds is 3. The maximum absolute atomic E-state index is 13.2. The lowest BCUT2D eigenvalue weighted by Crippen LogP contribution is -2.42. The molecule has 7 atom stereocenters. The van der Waals surface area contributed by atoms with Crippen LogP contribution >= 0.6 is 0 Å². The predicted molar refractivity (Wildman–Crippen MR) is 211 cm³/mol. The van der Waals surface area contributed by atoms with Gasteiger partial charge in [0.15, 0.2) is 17.3 Å². The minimum absolute atomic E-state index is 0.0357. The van der Waals surface area contributed by atoms with E-state index in [0.717, 1.165) is 0 Å². The van der Waals surface area contributed by atoms with Gasteiger partial charge in [-0.25, -0.2) is 19.6 Å². The summed E-state index contributed by atoms with van der Waals surface area (Å²) in [6.07, 6.45) is 22.8. The fourth-order valence-electron chi connectivity index (χ4n) is 5.42. The van der Waals surface area contributed by atoms with Gasteiger partial charge in [0.2, 0.25) is 5.89 Å². The van der Waals surface area contributed by atoms with Gasteiger partial charge in [-0.05, 0) is 38.8 Å². The van der Waals surface area contributed by atoms with E-state index in [-0.39, 0.29) is 42.4 Å². The van der Waals surface area contributed by atoms with E-state index >= 15 is 0 Å². The molecule has 304 valence electrons. The zero-order valence-corrected chi connectivity index (χ0v) is 33.1. The lowest BCUT2D eigenvalue weighted by molar-refractivity contribution is -0.0425. The fraction of sp³-hybridized carbons (Fsp3) is 0.442. The van der Waals surface area contributed by atoms with Crippen LogP contribution in [-0.2, 0) is 20.6 Å². The van der Waals surface area contributed by atoms with Crippen LogP contribution in [0.15, 0.2) is 113 Å². The Bertz CT molecular complexity index is 1790. The molecule has 0 spiro atoms. The van der Waals surface area contributed by atoms with E-state index < -0.39 is 65.5 Å². The molecule has 0 saturated carbocycles. The maximum atomic E-state index is 13.2. The Kier molecular flexibility index (Phi) is 17.8. The molecule has 0 amide bonds. The second-order valence-corrected chi connectivity index (χ2v) is 14.4. The zero-order valence-electron chi connectivity index (χ0n) is 33.1. The normalized spacial score (nSPS) is 27.7. The Morgan fingerprint density at radius 2 is 1.23 bits per heavy atom. The number of oxazole rings is 2. The van der Waals surface area contributed by atoms with E-state index in [1.54, 1.807) is 103 Å². The molecule has 13 heteroatoms. The third-order valence-corrected chi connectivity index (χ3v) is 9.41. The summed E-state index contributed by atoms with van der Waals surface area (Å²) in [5.41, 5.74) is -1.95. The molecular weight excluding hydrogens is 720 g/mol. The highest BCUT2D eigenvalue weighted by Crippen LogP contribution is 2.33. The smallest absolute Gasteiger partial charge is 0.360 e. The van der Waals surface area contributed by atoms with Crippen LogP contribution in [0.1, 0.15) is 87.1 Å². The summed E-state index contributed by atoms with van der Waals surface area (Å²) in [5, 5.41) is 43.2. The van der Waals surface area contributed by atoms with Crippen LogP contribution in [0.5, 0.6) is 0 Å². The van der Waals surface area contributed by atoms with Gasteiger partial charge in [0.1, 0.15) is 36.9 Å². The molecule has 0 saturated heterocycles. The van der Waals surface area contributed by atoms with Crippen LogP contribution in [0.25, 0.3) is 6.08 Å². The summed E-state index contributed by atoms with van der Waals surface area (Å²) < 4.78 is 28.0. The van der Waals surface area contributed by atoms with Crippen LogP contribution in [0.4, 0.5) is 0 Å². The average Bonchev–Trinajstić information content (AvgIpc) is 3.85. The first-order valence-electron chi connectivity index (χ1n) is 18.5. The molecule has 13 nitrogen and oxygen atoms in total. The minimum Gasteiger partial charge on any atom is -0.453 e. The molecule has 4 N–H and O–H groups in total. The summed E-state index contributed by atoms with van der Waals surface area (Å²) in [4.78, 5) is 34.7. The van der Waals surface area contributed by atoms with Crippen molar-refractivity contribution >= 4 is 18.0 Å². The van der Waals surface area contributed by atoms with Gasteiger partial charge < -0.3 is 43.5 Å². The van der Waals surface area contributed by atoms with Crippen molar-refractivity contribution in [3.05, 3.63) is 127 Å². The molecule has 0 fully saturated rings. The lowest BCUT2D eigenvalue weighted by Gasteiger charge is -2.35. The Morgan fingerprint density at radius 3 is 1.84 bits per heavy atom. The highest BCUT2D eigenvalue weighted by Gasteiger charge is 2.39. The first-order chi connectivity index (χ1) is 26.6.